The Morgan fingerprint density at radius 2 is 1.79 bits per heavy atom. The van der Waals surface area contributed by atoms with E-state index in [0.717, 1.165) is 6.42 Å². The summed E-state index contributed by atoms with van der Waals surface area (Å²) < 4.78 is 2.21. The van der Waals surface area contributed by atoms with Crippen LogP contribution in [0.1, 0.15) is 69.5 Å². The van der Waals surface area contributed by atoms with Crippen LogP contribution in [0.2, 0.25) is 0 Å². The fraction of sp³-hybridized carbons (Fsp3) is 0.812. The number of hydrogen-bond acceptors (Lipinski definition) is 1. The van der Waals surface area contributed by atoms with Gasteiger partial charge in [-0.25, -0.2) is 0 Å². The summed E-state index contributed by atoms with van der Waals surface area (Å²) in [5.41, 5.74) is 1.25. The second-order valence-electron chi connectivity index (χ2n) is 6.34. The first kappa shape index (κ1) is 13.5. The second kappa shape index (κ2) is 6.30. The number of nitrogens with zero attached hydrogens (tertiary/aromatic N) is 2. The molecule has 0 bridgehead atoms. The van der Waals surface area contributed by atoms with Gasteiger partial charge in [-0.15, -0.1) is 11.6 Å². The third-order valence-corrected chi connectivity index (χ3v) is 5.47. The lowest BCUT2D eigenvalue weighted by Gasteiger charge is -2.18. The van der Waals surface area contributed by atoms with E-state index in [1.165, 1.54) is 63.5 Å². The van der Waals surface area contributed by atoms with Gasteiger partial charge in [0.2, 0.25) is 0 Å². The average Bonchev–Trinajstić information content (AvgIpc) is 3.03. The zero-order chi connectivity index (χ0) is 13.1. The first-order chi connectivity index (χ1) is 9.33. The van der Waals surface area contributed by atoms with Crippen molar-refractivity contribution in [1.82, 2.24) is 9.78 Å². The topological polar surface area (TPSA) is 17.8 Å². The van der Waals surface area contributed by atoms with Crippen molar-refractivity contribution in [3.05, 3.63) is 18.0 Å². The molecule has 2 unspecified atom stereocenters. The van der Waals surface area contributed by atoms with Crippen LogP contribution in [0.3, 0.4) is 0 Å². The molecule has 0 saturated heterocycles. The van der Waals surface area contributed by atoms with Gasteiger partial charge in [-0.1, -0.05) is 32.1 Å². The highest BCUT2D eigenvalue weighted by atomic mass is 35.5. The normalized spacial score (nSPS) is 29.5. The minimum atomic E-state index is 0.360. The molecule has 0 N–H and O–H groups in total. The predicted molar refractivity (Wildman–Crippen MR) is 79.7 cm³/mol. The lowest BCUT2D eigenvalue weighted by atomic mass is 9.94. The van der Waals surface area contributed by atoms with Crippen molar-refractivity contribution in [2.24, 2.45) is 5.92 Å². The van der Waals surface area contributed by atoms with Crippen LogP contribution < -0.4 is 0 Å². The summed E-state index contributed by atoms with van der Waals surface area (Å²) in [5, 5.41) is 5.17. The highest BCUT2D eigenvalue weighted by Gasteiger charge is 2.23. The quantitative estimate of drug-likeness (QED) is 0.578. The lowest BCUT2D eigenvalue weighted by Crippen LogP contribution is -2.16. The zero-order valence-electron chi connectivity index (χ0n) is 11.7. The monoisotopic (exact) mass is 280 g/mol. The van der Waals surface area contributed by atoms with Crippen LogP contribution in [0.4, 0.5) is 0 Å². The summed E-state index contributed by atoms with van der Waals surface area (Å²) in [4.78, 5) is 0. The minimum absolute atomic E-state index is 0.360. The average molecular weight is 281 g/mol. The molecule has 0 amide bonds. The van der Waals surface area contributed by atoms with Gasteiger partial charge in [0, 0.05) is 11.6 Å². The van der Waals surface area contributed by atoms with Gasteiger partial charge in [-0.2, -0.15) is 5.10 Å². The fourth-order valence-corrected chi connectivity index (χ4v) is 4.07. The Kier molecular flexibility index (Phi) is 4.47. The van der Waals surface area contributed by atoms with Crippen molar-refractivity contribution in [2.45, 2.75) is 75.6 Å². The van der Waals surface area contributed by atoms with Crippen molar-refractivity contribution in [1.29, 1.82) is 0 Å². The summed E-state index contributed by atoms with van der Waals surface area (Å²) in [6.45, 7) is 0. The van der Waals surface area contributed by atoms with Crippen molar-refractivity contribution in [3.8, 4) is 0 Å². The molecule has 3 rings (SSSR count). The van der Waals surface area contributed by atoms with E-state index in [1.54, 1.807) is 0 Å². The smallest absolute Gasteiger partial charge is 0.0628 e. The van der Waals surface area contributed by atoms with E-state index in [0.29, 0.717) is 17.3 Å². The molecule has 2 nitrogen and oxygen atoms in total. The first-order valence-corrected chi connectivity index (χ1v) is 8.44. The molecule has 0 radical (unpaired) electrons. The third kappa shape index (κ3) is 3.34. The van der Waals surface area contributed by atoms with Gasteiger partial charge in [0.15, 0.2) is 0 Å². The number of aromatic nitrogens is 2. The molecular weight excluding hydrogens is 256 g/mol. The highest BCUT2D eigenvalue weighted by molar-refractivity contribution is 6.20. The molecule has 19 heavy (non-hydrogen) atoms. The van der Waals surface area contributed by atoms with Crippen LogP contribution in [0.5, 0.6) is 0 Å². The summed E-state index contributed by atoms with van der Waals surface area (Å²) in [6, 6.07) is 2.88. The number of alkyl halides is 1. The molecule has 2 atom stereocenters. The molecular formula is C16H25ClN2. The molecule has 106 valence electrons. The molecule has 1 aromatic heterocycles. The first-order valence-electron chi connectivity index (χ1n) is 8.01. The van der Waals surface area contributed by atoms with Gasteiger partial charge in [0.25, 0.3) is 0 Å². The molecule has 1 aromatic rings. The van der Waals surface area contributed by atoms with E-state index in [4.69, 9.17) is 16.7 Å². The molecule has 2 saturated carbocycles. The van der Waals surface area contributed by atoms with Crippen LogP contribution in [-0.2, 0) is 6.42 Å². The fourth-order valence-electron chi connectivity index (χ4n) is 3.70. The Bertz CT molecular complexity index is 395. The third-order valence-electron chi connectivity index (χ3n) is 4.90. The maximum Gasteiger partial charge on any atom is 0.0628 e. The van der Waals surface area contributed by atoms with Crippen molar-refractivity contribution in [3.63, 3.8) is 0 Å². The maximum absolute atomic E-state index is 6.54. The van der Waals surface area contributed by atoms with Gasteiger partial charge >= 0.3 is 0 Å². The SMILES string of the molecule is ClC1CCCCCC1Cc1ccn(C2CCCC2)n1. The van der Waals surface area contributed by atoms with Crippen molar-refractivity contribution in [2.75, 3.05) is 0 Å². The van der Waals surface area contributed by atoms with Gasteiger partial charge < -0.3 is 0 Å². The summed E-state index contributed by atoms with van der Waals surface area (Å²) in [7, 11) is 0. The molecule has 0 aliphatic heterocycles. The maximum atomic E-state index is 6.54. The Labute approximate surface area is 121 Å². The summed E-state index contributed by atoms with van der Waals surface area (Å²) in [6.07, 6.45) is 15.1. The molecule has 0 aromatic carbocycles. The van der Waals surface area contributed by atoms with E-state index in [2.05, 4.69) is 16.9 Å². The Morgan fingerprint density at radius 3 is 2.63 bits per heavy atom. The second-order valence-corrected chi connectivity index (χ2v) is 6.90. The Balaban J connectivity index is 1.62. The van der Waals surface area contributed by atoms with E-state index in [9.17, 15) is 0 Å². The van der Waals surface area contributed by atoms with Crippen LogP contribution >= 0.6 is 11.6 Å². The van der Waals surface area contributed by atoms with E-state index >= 15 is 0 Å². The van der Waals surface area contributed by atoms with Gasteiger partial charge in [-0.05, 0) is 44.1 Å². The van der Waals surface area contributed by atoms with Crippen LogP contribution in [0, 0.1) is 5.92 Å². The molecule has 2 aliphatic rings. The summed E-state index contributed by atoms with van der Waals surface area (Å²) >= 11 is 6.54. The van der Waals surface area contributed by atoms with Crippen LogP contribution in [-0.4, -0.2) is 15.2 Å². The number of rotatable bonds is 3. The van der Waals surface area contributed by atoms with Crippen molar-refractivity contribution >= 4 is 11.6 Å². The molecule has 1 heterocycles. The Morgan fingerprint density at radius 1 is 1.05 bits per heavy atom. The van der Waals surface area contributed by atoms with Crippen LogP contribution in [0.15, 0.2) is 12.3 Å². The van der Waals surface area contributed by atoms with E-state index in [-0.39, 0.29) is 0 Å². The highest BCUT2D eigenvalue weighted by Crippen LogP contribution is 2.31. The zero-order valence-corrected chi connectivity index (χ0v) is 12.5. The standard InChI is InChI=1S/C16H25ClN2/c17-16-9-3-1-2-6-13(16)12-14-10-11-19(18-14)15-7-4-5-8-15/h10-11,13,15-16H,1-9,12H2. The van der Waals surface area contributed by atoms with Crippen LogP contribution in [0.25, 0.3) is 0 Å². The van der Waals surface area contributed by atoms with Gasteiger partial charge in [-0.3, -0.25) is 4.68 Å². The van der Waals surface area contributed by atoms with E-state index in [1.807, 2.05) is 0 Å². The van der Waals surface area contributed by atoms with Gasteiger partial charge in [0.05, 0.1) is 11.7 Å². The molecule has 2 aliphatic carbocycles. The summed E-state index contributed by atoms with van der Waals surface area (Å²) in [5.74, 6) is 0.635. The molecule has 3 heteroatoms. The van der Waals surface area contributed by atoms with Gasteiger partial charge in [0.1, 0.15) is 0 Å². The predicted octanol–water partition coefficient (Wildman–Crippen LogP) is 4.73. The minimum Gasteiger partial charge on any atom is -0.269 e. The molecule has 2 fully saturated rings. The molecule has 0 spiro atoms. The number of hydrogen-bond donors (Lipinski definition) is 0. The largest absolute Gasteiger partial charge is 0.269 e. The lowest BCUT2D eigenvalue weighted by molar-refractivity contribution is 0.437. The Hall–Kier alpha value is -0.500. The number of halogens is 1. The van der Waals surface area contributed by atoms with E-state index < -0.39 is 0 Å². The van der Waals surface area contributed by atoms with Crippen molar-refractivity contribution < 1.29 is 0 Å².